The molecule has 0 saturated heterocycles. The number of primary amides is 1. The van der Waals surface area contributed by atoms with Crippen molar-refractivity contribution in [1.82, 2.24) is 10.3 Å². The lowest BCUT2D eigenvalue weighted by molar-refractivity contribution is -0.119. The molecule has 0 radical (unpaired) electrons. The van der Waals surface area contributed by atoms with Crippen molar-refractivity contribution in [2.75, 3.05) is 18.9 Å². The third kappa shape index (κ3) is 5.33. The summed E-state index contributed by atoms with van der Waals surface area (Å²) in [6.07, 6.45) is 1.92. The molecule has 2 atom stereocenters. The number of nitrogens with two attached hydrogens (primary N) is 2. The van der Waals surface area contributed by atoms with E-state index in [1.54, 1.807) is 17.1 Å². The number of nitrogens with zero attached hydrogens (tertiary/aromatic N) is 1. The van der Waals surface area contributed by atoms with E-state index >= 15 is 0 Å². The topological polar surface area (TPSA) is 111 Å². The number of fused-ring (bicyclic) bond motifs is 1. The van der Waals surface area contributed by atoms with Gasteiger partial charge in [0.1, 0.15) is 11.8 Å². The van der Waals surface area contributed by atoms with E-state index in [0.29, 0.717) is 30.9 Å². The number of hydrogen-bond acceptors (Lipinski definition) is 6. The van der Waals surface area contributed by atoms with Crippen LogP contribution in [0, 0.1) is 0 Å². The Balaban J connectivity index is 1.80. The molecule has 0 fully saturated rings. The molecule has 1 aliphatic heterocycles. The van der Waals surface area contributed by atoms with Crippen LogP contribution in [0.25, 0.3) is 0 Å². The van der Waals surface area contributed by atoms with Crippen LogP contribution in [0.4, 0.5) is 0 Å². The van der Waals surface area contributed by atoms with E-state index in [1.807, 2.05) is 36.4 Å². The summed E-state index contributed by atoms with van der Waals surface area (Å²) < 4.78 is 5.85. The van der Waals surface area contributed by atoms with Gasteiger partial charge in [-0.25, -0.2) is 5.01 Å². The van der Waals surface area contributed by atoms with E-state index in [9.17, 15) is 9.59 Å². The lowest BCUT2D eigenvalue weighted by Gasteiger charge is -2.33. The number of nitrogens with one attached hydrogen (secondary N) is 1. The summed E-state index contributed by atoms with van der Waals surface area (Å²) in [5.74, 6) is 6.54. The summed E-state index contributed by atoms with van der Waals surface area (Å²) in [7, 11) is 0. The van der Waals surface area contributed by atoms with E-state index in [0.717, 1.165) is 29.7 Å². The number of para-hydroxylation sites is 1. The monoisotopic (exact) mass is 428 g/mol. The largest absolute Gasteiger partial charge is 0.492 e. The Morgan fingerprint density at radius 2 is 1.97 bits per heavy atom. The van der Waals surface area contributed by atoms with Crippen LogP contribution in [0.1, 0.15) is 40.4 Å². The molecular weight excluding hydrogens is 400 g/mol. The van der Waals surface area contributed by atoms with Crippen LogP contribution in [0.15, 0.2) is 48.5 Å². The predicted octanol–water partition coefficient (Wildman–Crippen LogP) is 1.83. The number of rotatable bonds is 9. The summed E-state index contributed by atoms with van der Waals surface area (Å²) in [5.41, 5.74) is 7.70. The maximum absolute atomic E-state index is 13.0. The van der Waals surface area contributed by atoms with Gasteiger partial charge in [0.05, 0.1) is 18.2 Å². The average Bonchev–Trinajstić information content (AvgIpc) is 2.76. The molecule has 8 heteroatoms. The molecule has 2 aromatic carbocycles. The van der Waals surface area contributed by atoms with Crippen molar-refractivity contribution in [3.63, 3.8) is 0 Å². The summed E-state index contributed by atoms with van der Waals surface area (Å²) in [6, 6.07) is 14.0. The standard InChI is InChI=1S/C22H28N4O3S/c23-21(27)18(14-15-6-2-1-3-7-15)25-22(28)17-9-4-8-16-19(10-12-29-20(16)17)26(24)11-5-13-30/h1-4,6-9,18-19,30H,5,10-14,24H2,(H2,23,27)(H,25,28)/t18-,19-/m0/s1. The van der Waals surface area contributed by atoms with Gasteiger partial charge in [0.25, 0.3) is 5.91 Å². The van der Waals surface area contributed by atoms with Crippen molar-refractivity contribution in [3.8, 4) is 5.75 Å². The van der Waals surface area contributed by atoms with Crippen molar-refractivity contribution in [2.45, 2.75) is 31.3 Å². The summed E-state index contributed by atoms with van der Waals surface area (Å²) in [4.78, 5) is 25.0. The van der Waals surface area contributed by atoms with Gasteiger partial charge in [0.2, 0.25) is 5.91 Å². The zero-order chi connectivity index (χ0) is 21.5. The molecule has 1 aliphatic rings. The van der Waals surface area contributed by atoms with Gasteiger partial charge in [0.15, 0.2) is 0 Å². The van der Waals surface area contributed by atoms with Gasteiger partial charge >= 0.3 is 0 Å². The minimum Gasteiger partial charge on any atom is -0.492 e. The fourth-order valence-electron chi connectivity index (χ4n) is 3.65. The van der Waals surface area contributed by atoms with Gasteiger partial charge in [-0.05, 0) is 23.8 Å². The molecule has 30 heavy (non-hydrogen) atoms. The first-order chi connectivity index (χ1) is 14.5. The van der Waals surface area contributed by atoms with Gasteiger partial charge in [-0.2, -0.15) is 12.6 Å². The zero-order valence-electron chi connectivity index (χ0n) is 16.8. The number of benzene rings is 2. The second kappa shape index (κ2) is 10.5. The van der Waals surface area contributed by atoms with E-state index in [2.05, 4.69) is 17.9 Å². The first kappa shape index (κ1) is 22.1. The molecular formula is C22H28N4O3S. The lowest BCUT2D eigenvalue weighted by Crippen LogP contribution is -2.46. The third-order valence-electron chi connectivity index (χ3n) is 5.19. The molecule has 3 rings (SSSR count). The molecule has 0 spiro atoms. The van der Waals surface area contributed by atoms with Crippen LogP contribution in [0.5, 0.6) is 5.75 Å². The normalized spacial score (nSPS) is 16.4. The molecule has 7 nitrogen and oxygen atoms in total. The molecule has 0 aromatic heterocycles. The van der Waals surface area contributed by atoms with Gasteiger partial charge in [-0.15, -0.1) is 0 Å². The quantitative estimate of drug-likeness (QED) is 0.277. The first-order valence-corrected chi connectivity index (χ1v) is 10.7. The number of amides is 2. The molecule has 1 heterocycles. The van der Waals surface area contributed by atoms with Gasteiger partial charge in [-0.1, -0.05) is 42.5 Å². The van der Waals surface area contributed by atoms with E-state index in [1.165, 1.54) is 0 Å². The second-order valence-electron chi connectivity index (χ2n) is 7.31. The third-order valence-corrected chi connectivity index (χ3v) is 5.51. The Labute approximate surface area is 182 Å². The Morgan fingerprint density at radius 1 is 1.20 bits per heavy atom. The highest BCUT2D eigenvalue weighted by Crippen LogP contribution is 2.37. The van der Waals surface area contributed by atoms with Crippen molar-refractivity contribution in [1.29, 1.82) is 0 Å². The van der Waals surface area contributed by atoms with Crippen molar-refractivity contribution in [3.05, 3.63) is 65.2 Å². The Bertz CT molecular complexity index is 878. The van der Waals surface area contributed by atoms with Crippen LogP contribution in [0.3, 0.4) is 0 Å². The SMILES string of the molecule is NC(=O)[C@H](Cc1ccccc1)NC(=O)c1cccc2c1OCC[C@@H]2N(N)CCCS. The minimum absolute atomic E-state index is 0.0439. The first-order valence-electron chi connectivity index (χ1n) is 10.0. The fourth-order valence-corrected chi connectivity index (χ4v) is 3.79. The maximum Gasteiger partial charge on any atom is 0.255 e. The van der Waals surface area contributed by atoms with E-state index < -0.39 is 17.9 Å². The second-order valence-corrected chi connectivity index (χ2v) is 7.76. The number of thiol groups is 1. The van der Waals surface area contributed by atoms with Crippen molar-refractivity contribution >= 4 is 24.4 Å². The van der Waals surface area contributed by atoms with Crippen LogP contribution in [-0.4, -0.2) is 41.8 Å². The minimum atomic E-state index is -0.823. The summed E-state index contributed by atoms with van der Waals surface area (Å²) >= 11 is 4.24. The summed E-state index contributed by atoms with van der Waals surface area (Å²) in [6.45, 7) is 1.16. The number of carbonyl (C=O) groups excluding carboxylic acids is 2. The number of hydrazine groups is 1. The van der Waals surface area contributed by atoms with Crippen molar-refractivity contribution in [2.24, 2.45) is 11.6 Å². The van der Waals surface area contributed by atoms with Crippen LogP contribution < -0.4 is 21.6 Å². The van der Waals surface area contributed by atoms with Gasteiger partial charge in [-0.3, -0.25) is 15.4 Å². The highest BCUT2D eigenvalue weighted by Gasteiger charge is 2.30. The highest BCUT2D eigenvalue weighted by atomic mass is 32.1. The number of carbonyl (C=O) groups is 2. The molecule has 2 amide bonds. The lowest BCUT2D eigenvalue weighted by atomic mass is 9.96. The van der Waals surface area contributed by atoms with Crippen LogP contribution in [0.2, 0.25) is 0 Å². The van der Waals surface area contributed by atoms with Gasteiger partial charge < -0.3 is 15.8 Å². The van der Waals surface area contributed by atoms with E-state index in [4.69, 9.17) is 16.3 Å². The fraction of sp³-hybridized carbons (Fsp3) is 0.364. The van der Waals surface area contributed by atoms with E-state index in [-0.39, 0.29) is 6.04 Å². The molecule has 2 aromatic rings. The maximum atomic E-state index is 13.0. The van der Waals surface area contributed by atoms with Gasteiger partial charge in [0, 0.05) is 24.9 Å². The Morgan fingerprint density at radius 3 is 2.67 bits per heavy atom. The average molecular weight is 429 g/mol. The molecule has 0 unspecified atom stereocenters. The molecule has 0 bridgehead atoms. The highest BCUT2D eigenvalue weighted by molar-refractivity contribution is 7.80. The Kier molecular flexibility index (Phi) is 7.73. The molecule has 160 valence electrons. The Hall–Kier alpha value is -2.55. The predicted molar refractivity (Wildman–Crippen MR) is 119 cm³/mol. The number of ether oxygens (including phenoxy) is 1. The van der Waals surface area contributed by atoms with Crippen LogP contribution >= 0.6 is 12.6 Å². The molecule has 0 saturated carbocycles. The molecule has 5 N–H and O–H groups in total. The molecule has 0 aliphatic carbocycles. The van der Waals surface area contributed by atoms with Crippen LogP contribution in [-0.2, 0) is 11.2 Å². The summed E-state index contributed by atoms with van der Waals surface area (Å²) in [5, 5.41) is 4.54. The number of hydrogen-bond donors (Lipinski definition) is 4. The van der Waals surface area contributed by atoms with Crippen molar-refractivity contribution < 1.29 is 14.3 Å². The zero-order valence-corrected chi connectivity index (χ0v) is 17.7. The smallest absolute Gasteiger partial charge is 0.255 e.